The summed E-state index contributed by atoms with van der Waals surface area (Å²) in [5.74, 6) is -0.450. The molecule has 0 aliphatic heterocycles. The second kappa shape index (κ2) is 6.37. The average Bonchev–Trinajstić information content (AvgIpc) is 2.29. The van der Waals surface area contributed by atoms with Crippen molar-refractivity contribution < 1.29 is 4.79 Å². The van der Waals surface area contributed by atoms with Gasteiger partial charge < -0.3 is 21.3 Å². The highest BCUT2D eigenvalue weighted by atomic mass is 16.1. The number of nitrogen functional groups attached to an aromatic ring is 1. The van der Waals surface area contributed by atoms with Gasteiger partial charge >= 0.3 is 0 Å². The molecular formula is C13H22N4O. The van der Waals surface area contributed by atoms with Gasteiger partial charge in [-0.3, -0.25) is 4.79 Å². The summed E-state index contributed by atoms with van der Waals surface area (Å²) in [6.07, 6.45) is 0. The molecule has 0 aromatic heterocycles. The molecule has 5 heteroatoms. The van der Waals surface area contributed by atoms with Crippen LogP contribution in [0.15, 0.2) is 18.2 Å². The highest BCUT2D eigenvalue weighted by Crippen LogP contribution is 2.15. The SMILES string of the molecule is CN(C)CCN(C)Cc1ccc(C(N)=O)cc1N. The lowest BCUT2D eigenvalue weighted by Gasteiger charge is -2.20. The summed E-state index contributed by atoms with van der Waals surface area (Å²) in [6, 6.07) is 5.22. The van der Waals surface area contributed by atoms with Crippen LogP contribution in [0, 0.1) is 0 Å². The van der Waals surface area contributed by atoms with Crippen molar-refractivity contribution >= 4 is 11.6 Å². The van der Waals surface area contributed by atoms with Crippen molar-refractivity contribution in [3.63, 3.8) is 0 Å². The molecule has 1 aromatic carbocycles. The largest absolute Gasteiger partial charge is 0.398 e. The van der Waals surface area contributed by atoms with Crippen LogP contribution >= 0.6 is 0 Å². The molecule has 0 bridgehead atoms. The number of nitrogens with two attached hydrogens (primary N) is 2. The minimum absolute atomic E-state index is 0.450. The van der Waals surface area contributed by atoms with E-state index in [4.69, 9.17) is 11.5 Å². The number of hydrogen-bond acceptors (Lipinski definition) is 4. The van der Waals surface area contributed by atoms with E-state index < -0.39 is 5.91 Å². The average molecular weight is 250 g/mol. The first-order valence-electron chi connectivity index (χ1n) is 5.91. The molecule has 0 spiro atoms. The molecule has 5 nitrogen and oxygen atoms in total. The Morgan fingerprint density at radius 3 is 2.39 bits per heavy atom. The van der Waals surface area contributed by atoms with E-state index in [-0.39, 0.29) is 0 Å². The van der Waals surface area contributed by atoms with Crippen molar-refractivity contribution in [2.75, 3.05) is 40.0 Å². The summed E-state index contributed by atoms with van der Waals surface area (Å²) in [5.41, 5.74) is 13.2. The van der Waals surface area contributed by atoms with Crippen LogP contribution in [0.4, 0.5) is 5.69 Å². The third kappa shape index (κ3) is 4.35. The van der Waals surface area contributed by atoms with Crippen LogP contribution in [-0.2, 0) is 6.54 Å². The molecule has 1 amide bonds. The topological polar surface area (TPSA) is 75.6 Å². The smallest absolute Gasteiger partial charge is 0.248 e. The molecule has 100 valence electrons. The fraction of sp³-hybridized carbons (Fsp3) is 0.462. The zero-order valence-electron chi connectivity index (χ0n) is 11.3. The fourth-order valence-electron chi connectivity index (χ4n) is 1.63. The molecule has 1 aromatic rings. The zero-order chi connectivity index (χ0) is 13.7. The molecule has 0 fully saturated rings. The van der Waals surface area contributed by atoms with Gasteiger partial charge in [-0.05, 0) is 38.8 Å². The summed E-state index contributed by atoms with van der Waals surface area (Å²) in [5, 5.41) is 0. The van der Waals surface area contributed by atoms with Crippen LogP contribution in [0.2, 0.25) is 0 Å². The minimum Gasteiger partial charge on any atom is -0.398 e. The molecule has 0 saturated heterocycles. The Morgan fingerprint density at radius 1 is 1.22 bits per heavy atom. The maximum absolute atomic E-state index is 11.0. The van der Waals surface area contributed by atoms with Crippen LogP contribution in [0.5, 0.6) is 0 Å². The van der Waals surface area contributed by atoms with Crippen molar-refractivity contribution in [1.82, 2.24) is 9.80 Å². The molecule has 0 unspecified atom stereocenters. The van der Waals surface area contributed by atoms with E-state index >= 15 is 0 Å². The van der Waals surface area contributed by atoms with Crippen LogP contribution in [0.25, 0.3) is 0 Å². The maximum Gasteiger partial charge on any atom is 0.248 e. The van der Waals surface area contributed by atoms with Gasteiger partial charge in [-0.1, -0.05) is 6.07 Å². The number of amides is 1. The Kier molecular flexibility index (Phi) is 5.12. The number of nitrogens with zero attached hydrogens (tertiary/aromatic N) is 2. The zero-order valence-corrected chi connectivity index (χ0v) is 11.3. The second-order valence-electron chi connectivity index (χ2n) is 4.82. The molecule has 0 heterocycles. The van der Waals surface area contributed by atoms with E-state index in [0.29, 0.717) is 11.3 Å². The highest BCUT2D eigenvalue weighted by Gasteiger charge is 2.07. The summed E-state index contributed by atoms with van der Waals surface area (Å²) in [4.78, 5) is 15.3. The van der Waals surface area contributed by atoms with Gasteiger partial charge in [-0.25, -0.2) is 0 Å². The van der Waals surface area contributed by atoms with E-state index in [1.165, 1.54) is 0 Å². The van der Waals surface area contributed by atoms with Gasteiger partial charge in [0.15, 0.2) is 0 Å². The Balaban J connectivity index is 2.64. The number of primary amides is 1. The Bertz CT molecular complexity index is 417. The number of anilines is 1. The molecular weight excluding hydrogens is 228 g/mol. The van der Waals surface area contributed by atoms with Gasteiger partial charge in [0.2, 0.25) is 5.91 Å². The molecule has 18 heavy (non-hydrogen) atoms. The monoisotopic (exact) mass is 250 g/mol. The van der Waals surface area contributed by atoms with Crippen LogP contribution < -0.4 is 11.5 Å². The van der Waals surface area contributed by atoms with Gasteiger partial charge in [0.25, 0.3) is 0 Å². The van der Waals surface area contributed by atoms with Crippen molar-refractivity contribution in [3.05, 3.63) is 29.3 Å². The number of likely N-dealkylation sites (N-methyl/N-ethyl adjacent to an activating group) is 2. The van der Waals surface area contributed by atoms with Crippen molar-refractivity contribution in [2.45, 2.75) is 6.54 Å². The Labute approximate surface area is 108 Å². The third-order valence-electron chi connectivity index (χ3n) is 2.80. The molecule has 0 aliphatic carbocycles. The van der Waals surface area contributed by atoms with Crippen molar-refractivity contribution in [2.24, 2.45) is 5.73 Å². The second-order valence-corrected chi connectivity index (χ2v) is 4.82. The van der Waals surface area contributed by atoms with Gasteiger partial charge in [-0.15, -0.1) is 0 Å². The maximum atomic E-state index is 11.0. The van der Waals surface area contributed by atoms with Gasteiger partial charge in [0, 0.05) is 30.9 Å². The standard InChI is InChI=1S/C13H22N4O/c1-16(2)6-7-17(3)9-11-5-4-10(13(15)18)8-12(11)14/h4-5,8H,6-7,9,14H2,1-3H3,(H2,15,18). The molecule has 4 N–H and O–H groups in total. The summed E-state index contributed by atoms with van der Waals surface area (Å²) >= 11 is 0. The van der Waals surface area contributed by atoms with E-state index in [2.05, 4.69) is 9.80 Å². The Hall–Kier alpha value is -1.59. The molecule has 0 radical (unpaired) electrons. The normalized spacial score (nSPS) is 11.2. The van der Waals surface area contributed by atoms with Crippen molar-refractivity contribution in [3.8, 4) is 0 Å². The first kappa shape index (κ1) is 14.5. The van der Waals surface area contributed by atoms with E-state index in [1.54, 1.807) is 12.1 Å². The number of hydrogen-bond donors (Lipinski definition) is 2. The predicted molar refractivity (Wildman–Crippen MR) is 74.3 cm³/mol. The lowest BCUT2D eigenvalue weighted by molar-refractivity contribution is 0.100. The summed E-state index contributed by atoms with van der Waals surface area (Å²) in [7, 11) is 6.14. The molecule has 0 aliphatic rings. The predicted octanol–water partition coefficient (Wildman–Crippen LogP) is 0.361. The third-order valence-corrected chi connectivity index (χ3v) is 2.80. The highest BCUT2D eigenvalue weighted by molar-refractivity contribution is 5.93. The van der Waals surface area contributed by atoms with Crippen LogP contribution in [-0.4, -0.2) is 49.9 Å². The molecule has 0 atom stereocenters. The van der Waals surface area contributed by atoms with E-state index in [9.17, 15) is 4.79 Å². The van der Waals surface area contributed by atoms with Gasteiger partial charge in [0.1, 0.15) is 0 Å². The number of benzene rings is 1. The Morgan fingerprint density at radius 2 is 1.89 bits per heavy atom. The fourth-order valence-corrected chi connectivity index (χ4v) is 1.63. The van der Waals surface area contributed by atoms with Crippen molar-refractivity contribution in [1.29, 1.82) is 0 Å². The van der Waals surface area contributed by atoms with Crippen LogP contribution in [0.3, 0.4) is 0 Å². The first-order chi connectivity index (χ1) is 8.40. The van der Waals surface area contributed by atoms with E-state index in [1.807, 2.05) is 27.2 Å². The lowest BCUT2D eigenvalue weighted by atomic mass is 10.1. The summed E-state index contributed by atoms with van der Waals surface area (Å²) < 4.78 is 0. The summed E-state index contributed by atoms with van der Waals surface area (Å²) in [6.45, 7) is 2.72. The first-order valence-corrected chi connectivity index (χ1v) is 5.91. The molecule has 0 saturated carbocycles. The minimum atomic E-state index is -0.450. The van der Waals surface area contributed by atoms with Gasteiger partial charge in [0.05, 0.1) is 0 Å². The number of rotatable bonds is 6. The van der Waals surface area contributed by atoms with Crippen LogP contribution in [0.1, 0.15) is 15.9 Å². The quantitative estimate of drug-likeness (QED) is 0.715. The number of carbonyl (C=O) groups excluding carboxylic acids is 1. The lowest BCUT2D eigenvalue weighted by Crippen LogP contribution is -2.28. The molecule has 1 rings (SSSR count). The van der Waals surface area contributed by atoms with Gasteiger partial charge in [-0.2, -0.15) is 0 Å². The van der Waals surface area contributed by atoms with E-state index in [0.717, 1.165) is 25.2 Å². The number of carbonyl (C=O) groups is 1.